The van der Waals surface area contributed by atoms with Gasteiger partial charge in [0.15, 0.2) is 0 Å². The fraction of sp³-hybridized carbons (Fsp3) is 0.500. The molecule has 2 aromatic rings. The quantitative estimate of drug-likeness (QED) is 0.771. The molecule has 0 spiro atoms. The summed E-state index contributed by atoms with van der Waals surface area (Å²) in [5.74, 6) is 0.618. The second-order valence-electron chi connectivity index (χ2n) is 8.14. The van der Waals surface area contributed by atoms with E-state index in [1.54, 1.807) is 12.4 Å². The highest BCUT2D eigenvalue weighted by Gasteiger charge is 2.32. The average molecular weight is 409 g/mol. The lowest BCUT2D eigenvalue weighted by Gasteiger charge is -2.32. The van der Waals surface area contributed by atoms with Crippen molar-refractivity contribution in [1.82, 2.24) is 29.7 Å². The molecule has 1 atom stereocenters. The molecule has 2 aromatic heterocycles. The highest BCUT2D eigenvalue weighted by Crippen LogP contribution is 2.32. The summed E-state index contributed by atoms with van der Waals surface area (Å²) in [6, 6.07) is 3.63. The summed E-state index contributed by atoms with van der Waals surface area (Å²) in [5.41, 5.74) is 2.65. The first-order chi connectivity index (χ1) is 14.4. The topological polar surface area (TPSA) is 82.5 Å². The zero-order valence-corrected chi connectivity index (χ0v) is 17.8. The van der Waals surface area contributed by atoms with Crippen LogP contribution in [0.15, 0.2) is 24.5 Å². The first-order valence-electron chi connectivity index (χ1n) is 10.5. The molecule has 4 rings (SSSR count). The maximum atomic E-state index is 13.1. The van der Waals surface area contributed by atoms with E-state index >= 15 is 0 Å². The van der Waals surface area contributed by atoms with Gasteiger partial charge < -0.3 is 14.7 Å². The molecule has 2 saturated heterocycles. The van der Waals surface area contributed by atoms with Crippen LogP contribution in [0.2, 0.25) is 0 Å². The van der Waals surface area contributed by atoms with Gasteiger partial charge in [0.2, 0.25) is 0 Å². The predicted molar refractivity (Wildman–Crippen MR) is 112 cm³/mol. The highest BCUT2D eigenvalue weighted by atomic mass is 16.2. The highest BCUT2D eigenvalue weighted by molar-refractivity contribution is 5.95. The van der Waals surface area contributed by atoms with E-state index in [2.05, 4.69) is 26.9 Å². The summed E-state index contributed by atoms with van der Waals surface area (Å²) < 4.78 is 0. The number of likely N-dealkylation sites (N-methyl/N-ethyl adjacent to an activating group) is 1. The van der Waals surface area contributed by atoms with E-state index in [4.69, 9.17) is 0 Å². The Kier molecular flexibility index (Phi) is 5.76. The molecule has 8 heteroatoms. The van der Waals surface area contributed by atoms with Gasteiger partial charge in [0.25, 0.3) is 11.8 Å². The molecule has 0 aromatic carbocycles. The molecule has 158 valence electrons. The molecule has 0 radical (unpaired) electrons. The van der Waals surface area contributed by atoms with Crippen molar-refractivity contribution in [2.45, 2.75) is 32.7 Å². The lowest BCUT2D eigenvalue weighted by molar-refractivity contribution is 0.0661. The number of aromatic nitrogens is 3. The minimum atomic E-state index is -0.0917. The standard InChI is InChI=1S/C22H28N6O2/c1-15-18(14-23-16(2)25-15)22(30)28-8-4-5-20(28)19-7-6-17(13-24-19)21(29)27-11-9-26(3)10-12-27/h6-7,13-14,20H,4-5,8-12H2,1-3H3/t20-/m0/s1. The Morgan fingerprint density at radius 1 is 0.967 bits per heavy atom. The minimum absolute atomic E-state index is 0.0222. The van der Waals surface area contributed by atoms with Crippen molar-refractivity contribution in [3.8, 4) is 0 Å². The van der Waals surface area contributed by atoms with Gasteiger partial charge in [-0.15, -0.1) is 0 Å². The maximum Gasteiger partial charge on any atom is 0.257 e. The third kappa shape index (κ3) is 4.05. The maximum absolute atomic E-state index is 13.1. The summed E-state index contributed by atoms with van der Waals surface area (Å²) in [6.07, 6.45) is 5.04. The van der Waals surface area contributed by atoms with Gasteiger partial charge in [0, 0.05) is 45.1 Å². The average Bonchev–Trinajstić information content (AvgIpc) is 3.23. The molecule has 0 N–H and O–H groups in total. The Morgan fingerprint density at radius 3 is 2.40 bits per heavy atom. The van der Waals surface area contributed by atoms with Crippen LogP contribution in [0.1, 0.15) is 56.8 Å². The molecule has 4 heterocycles. The van der Waals surface area contributed by atoms with Gasteiger partial charge >= 0.3 is 0 Å². The number of likely N-dealkylation sites (tertiary alicyclic amines) is 1. The van der Waals surface area contributed by atoms with Crippen LogP contribution in [0, 0.1) is 13.8 Å². The summed E-state index contributed by atoms with van der Waals surface area (Å²) in [4.78, 5) is 44.9. The van der Waals surface area contributed by atoms with E-state index in [9.17, 15) is 9.59 Å². The molecular formula is C22H28N6O2. The zero-order valence-electron chi connectivity index (χ0n) is 17.8. The van der Waals surface area contributed by atoms with Gasteiger partial charge in [-0.3, -0.25) is 14.6 Å². The van der Waals surface area contributed by atoms with E-state index < -0.39 is 0 Å². The lowest BCUT2D eigenvalue weighted by Crippen LogP contribution is -2.47. The number of aryl methyl sites for hydroxylation is 2. The Hall–Kier alpha value is -2.87. The van der Waals surface area contributed by atoms with Gasteiger partial charge in [0.05, 0.1) is 28.6 Å². The smallest absolute Gasteiger partial charge is 0.257 e. The number of rotatable bonds is 3. The van der Waals surface area contributed by atoms with Crippen LogP contribution in [-0.4, -0.2) is 81.2 Å². The van der Waals surface area contributed by atoms with Gasteiger partial charge in [-0.1, -0.05) is 0 Å². The molecule has 8 nitrogen and oxygen atoms in total. The van der Waals surface area contributed by atoms with Crippen LogP contribution in [0.4, 0.5) is 0 Å². The first kappa shape index (κ1) is 20.4. The number of pyridine rings is 1. The molecule has 2 aliphatic rings. The molecule has 2 amide bonds. The van der Waals surface area contributed by atoms with E-state index in [1.165, 1.54) is 0 Å². The van der Waals surface area contributed by atoms with E-state index in [-0.39, 0.29) is 17.9 Å². The number of piperazine rings is 1. The van der Waals surface area contributed by atoms with Gasteiger partial charge in [-0.25, -0.2) is 9.97 Å². The first-order valence-corrected chi connectivity index (χ1v) is 10.5. The number of hydrogen-bond donors (Lipinski definition) is 0. The third-order valence-corrected chi connectivity index (χ3v) is 6.01. The molecule has 2 fully saturated rings. The van der Waals surface area contributed by atoms with Crippen LogP contribution in [-0.2, 0) is 0 Å². The monoisotopic (exact) mass is 408 g/mol. The predicted octanol–water partition coefficient (Wildman–Crippen LogP) is 1.85. The number of amides is 2. The largest absolute Gasteiger partial charge is 0.336 e. The fourth-order valence-electron chi connectivity index (χ4n) is 4.19. The van der Waals surface area contributed by atoms with Crippen molar-refractivity contribution in [1.29, 1.82) is 0 Å². The molecule has 0 aliphatic carbocycles. The van der Waals surface area contributed by atoms with E-state index in [1.807, 2.05) is 35.8 Å². The van der Waals surface area contributed by atoms with Crippen molar-refractivity contribution in [3.05, 3.63) is 52.9 Å². The van der Waals surface area contributed by atoms with E-state index in [0.717, 1.165) is 44.7 Å². The number of carbonyl (C=O) groups excluding carboxylic acids is 2. The normalized spacial score (nSPS) is 19.9. The second-order valence-corrected chi connectivity index (χ2v) is 8.14. The molecule has 2 aliphatic heterocycles. The Balaban J connectivity index is 1.49. The summed E-state index contributed by atoms with van der Waals surface area (Å²) in [7, 11) is 2.07. The summed E-state index contributed by atoms with van der Waals surface area (Å²) in [5, 5.41) is 0. The molecule has 30 heavy (non-hydrogen) atoms. The fourth-order valence-corrected chi connectivity index (χ4v) is 4.19. The lowest BCUT2D eigenvalue weighted by atomic mass is 10.1. The van der Waals surface area contributed by atoms with Gasteiger partial charge in [-0.05, 0) is 45.9 Å². The number of nitrogens with zero attached hydrogens (tertiary/aromatic N) is 6. The van der Waals surface area contributed by atoms with E-state index in [0.29, 0.717) is 29.2 Å². The molecular weight excluding hydrogens is 380 g/mol. The van der Waals surface area contributed by atoms with Crippen LogP contribution >= 0.6 is 0 Å². The van der Waals surface area contributed by atoms with Crippen molar-refractivity contribution in [3.63, 3.8) is 0 Å². The summed E-state index contributed by atoms with van der Waals surface area (Å²) >= 11 is 0. The Labute approximate surface area is 176 Å². The molecule has 0 saturated carbocycles. The second kappa shape index (κ2) is 8.47. The Morgan fingerprint density at radius 2 is 1.73 bits per heavy atom. The van der Waals surface area contributed by atoms with Gasteiger partial charge in [-0.2, -0.15) is 0 Å². The number of hydrogen-bond acceptors (Lipinski definition) is 6. The zero-order chi connectivity index (χ0) is 21.3. The van der Waals surface area contributed by atoms with Crippen LogP contribution < -0.4 is 0 Å². The van der Waals surface area contributed by atoms with Crippen LogP contribution in [0.25, 0.3) is 0 Å². The molecule has 0 bridgehead atoms. The van der Waals surface area contributed by atoms with Crippen molar-refractivity contribution in [2.75, 3.05) is 39.8 Å². The SMILES string of the molecule is Cc1ncc(C(=O)N2CCC[C@H]2c2ccc(C(=O)N3CCN(C)CC3)cn2)c(C)n1. The van der Waals surface area contributed by atoms with Crippen molar-refractivity contribution >= 4 is 11.8 Å². The number of carbonyl (C=O) groups is 2. The minimum Gasteiger partial charge on any atom is -0.336 e. The van der Waals surface area contributed by atoms with Crippen LogP contribution in [0.3, 0.4) is 0 Å². The Bertz CT molecular complexity index is 937. The third-order valence-electron chi connectivity index (χ3n) is 6.01. The molecule has 0 unspecified atom stereocenters. The van der Waals surface area contributed by atoms with Gasteiger partial charge in [0.1, 0.15) is 5.82 Å². The van der Waals surface area contributed by atoms with Crippen molar-refractivity contribution < 1.29 is 9.59 Å². The van der Waals surface area contributed by atoms with Crippen LogP contribution in [0.5, 0.6) is 0 Å². The summed E-state index contributed by atoms with van der Waals surface area (Å²) in [6.45, 7) is 7.58. The van der Waals surface area contributed by atoms with Crippen molar-refractivity contribution in [2.24, 2.45) is 0 Å².